The highest BCUT2D eigenvalue weighted by molar-refractivity contribution is 7.15. The summed E-state index contributed by atoms with van der Waals surface area (Å²) < 4.78 is 41.9. The molecular formula is C14H13F3N4O3S. The number of nitrogens with zero attached hydrogens (tertiary/aromatic N) is 2. The molecule has 0 spiro atoms. The highest BCUT2D eigenvalue weighted by Crippen LogP contribution is 2.29. The molecule has 2 aromatic rings. The largest absolute Gasteiger partial charge is 0.469 e. The van der Waals surface area contributed by atoms with E-state index in [0.29, 0.717) is 10.7 Å². The Morgan fingerprint density at radius 3 is 2.48 bits per heavy atom. The van der Waals surface area contributed by atoms with Gasteiger partial charge in [-0.2, -0.15) is 13.2 Å². The number of hydrogen-bond acceptors (Lipinski definition) is 7. The fraction of sp³-hybridized carbons (Fsp3) is 0.286. The van der Waals surface area contributed by atoms with Crippen LogP contribution in [0, 0.1) is 0 Å². The van der Waals surface area contributed by atoms with Crippen molar-refractivity contribution in [1.29, 1.82) is 0 Å². The first-order valence-electron chi connectivity index (χ1n) is 6.88. The minimum atomic E-state index is -4.41. The number of rotatable bonds is 6. The summed E-state index contributed by atoms with van der Waals surface area (Å²) in [5.74, 6) is -0.932. The number of alkyl halides is 3. The summed E-state index contributed by atoms with van der Waals surface area (Å²) >= 11 is 1.02. The minimum Gasteiger partial charge on any atom is -0.469 e. The van der Waals surface area contributed by atoms with Crippen LogP contribution in [0.1, 0.15) is 10.6 Å². The number of methoxy groups -OCH3 is 1. The molecule has 0 aliphatic carbocycles. The number of carbonyl (C=O) groups is 2. The van der Waals surface area contributed by atoms with Crippen molar-refractivity contribution in [3.05, 3.63) is 34.8 Å². The standard InChI is InChI=1S/C14H13F3N4O3S/c1-24-12(23)6-11-20-21-13(25-11)19-10(22)7-18-9-4-2-8(3-5-9)14(15,16)17/h2-5,18H,6-7H2,1H3,(H,19,21,22). The Morgan fingerprint density at radius 2 is 1.88 bits per heavy atom. The van der Waals surface area contributed by atoms with Crippen molar-refractivity contribution >= 4 is 34.0 Å². The quantitative estimate of drug-likeness (QED) is 0.754. The maximum absolute atomic E-state index is 12.5. The van der Waals surface area contributed by atoms with Gasteiger partial charge in [0.1, 0.15) is 5.01 Å². The fourth-order valence-corrected chi connectivity index (χ4v) is 2.44. The highest BCUT2D eigenvalue weighted by atomic mass is 32.1. The zero-order valence-electron chi connectivity index (χ0n) is 12.9. The molecule has 1 aromatic carbocycles. The number of aromatic nitrogens is 2. The van der Waals surface area contributed by atoms with Gasteiger partial charge in [0.05, 0.1) is 25.6 Å². The predicted octanol–water partition coefficient (Wildman–Crippen LogP) is 2.32. The van der Waals surface area contributed by atoms with Crippen molar-refractivity contribution in [2.75, 3.05) is 24.3 Å². The van der Waals surface area contributed by atoms with Gasteiger partial charge in [0.15, 0.2) is 0 Å². The van der Waals surface area contributed by atoms with E-state index in [4.69, 9.17) is 0 Å². The molecule has 0 radical (unpaired) electrons. The predicted molar refractivity (Wildman–Crippen MR) is 84.2 cm³/mol. The SMILES string of the molecule is COC(=O)Cc1nnc(NC(=O)CNc2ccc(C(F)(F)F)cc2)s1. The van der Waals surface area contributed by atoms with Crippen LogP contribution < -0.4 is 10.6 Å². The van der Waals surface area contributed by atoms with Gasteiger partial charge in [-0.1, -0.05) is 11.3 Å². The number of ether oxygens (including phenoxy) is 1. The number of anilines is 2. The second kappa shape index (κ2) is 7.92. The van der Waals surface area contributed by atoms with E-state index in [-0.39, 0.29) is 18.1 Å². The molecule has 134 valence electrons. The van der Waals surface area contributed by atoms with Gasteiger partial charge < -0.3 is 10.1 Å². The Labute approximate surface area is 144 Å². The third kappa shape index (κ3) is 5.71. The van der Waals surface area contributed by atoms with Gasteiger partial charge in [-0.3, -0.25) is 14.9 Å². The normalized spacial score (nSPS) is 11.0. The first-order chi connectivity index (χ1) is 11.8. The maximum Gasteiger partial charge on any atom is 0.416 e. The Kier molecular flexibility index (Phi) is 5.91. The smallest absolute Gasteiger partial charge is 0.416 e. The van der Waals surface area contributed by atoms with Gasteiger partial charge in [-0.25, -0.2) is 0 Å². The van der Waals surface area contributed by atoms with Gasteiger partial charge >= 0.3 is 12.1 Å². The van der Waals surface area contributed by atoms with Crippen molar-refractivity contribution in [2.45, 2.75) is 12.6 Å². The van der Waals surface area contributed by atoms with Crippen molar-refractivity contribution in [2.24, 2.45) is 0 Å². The molecule has 0 fully saturated rings. The minimum absolute atomic E-state index is 0.0478. The zero-order valence-corrected chi connectivity index (χ0v) is 13.7. The lowest BCUT2D eigenvalue weighted by Gasteiger charge is -2.09. The third-order valence-electron chi connectivity index (χ3n) is 2.90. The van der Waals surface area contributed by atoms with Crippen LogP contribution in [0.15, 0.2) is 24.3 Å². The topological polar surface area (TPSA) is 93.2 Å². The second-order valence-corrected chi connectivity index (χ2v) is 5.79. The van der Waals surface area contributed by atoms with E-state index in [1.54, 1.807) is 0 Å². The molecule has 25 heavy (non-hydrogen) atoms. The van der Waals surface area contributed by atoms with Gasteiger partial charge in [0, 0.05) is 5.69 Å². The van der Waals surface area contributed by atoms with E-state index < -0.39 is 23.6 Å². The van der Waals surface area contributed by atoms with Crippen LogP contribution in [0.5, 0.6) is 0 Å². The molecule has 0 saturated carbocycles. The summed E-state index contributed by atoms with van der Waals surface area (Å²) in [5.41, 5.74) is -0.402. The lowest BCUT2D eigenvalue weighted by atomic mass is 10.2. The lowest BCUT2D eigenvalue weighted by molar-refractivity contribution is -0.140. The Morgan fingerprint density at radius 1 is 1.20 bits per heavy atom. The Hall–Kier alpha value is -2.69. The van der Waals surface area contributed by atoms with Crippen molar-refractivity contribution < 1.29 is 27.5 Å². The molecule has 7 nitrogen and oxygen atoms in total. The van der Waals surface area contributed by atoms with Crippen molar-refractivity contribution in [1.82, 2.24) is 10.2 Å². The molecule has 2 N–H and O–H groups in total. The van der Waals surface area contributed by atoms with Crippen LogP contribution in [0.4, 0.5) is 24.0 Å². The van der Waals surface area contributed by atoms with Gasteiger partial charge in [-0.05, 0) is 24.3 Å². The lowest BCUT2D eigenvalue weighted by Crippen LogP contribution is -2.21. The average molecular weight is 374 g/mol. The zero-order chi connectivity index (χ0) is 18.4. The first kappa shape index (κ1) is 18.6. The van der Waals surface area contributed by atoms with Gasteiger partial charge in [-0.15, -0.1) is 10.2 Å². The third-order valence-corrected chi connectivity index (χ3v) is 3.74. The van der Waals surface area contributed by atoms with E-state index in [0.717, 1.165) is 23.5 Å². The maximum atomic E-state index is 12.5. The van der Waals surface area contributed by atoms with E-state index >= 15 is 0 Å². The van der Waals surface area contributed by atoms with Crippen LogP contribution in [0.2, 0.25) is 0 Å². The average Bonchev–Trinajstić information content (AvgIpc) is 2.99. The fourth-order valence-electron chi connectivity index (χ4n) is 1.69. The summed E-state index contributed by atoms with van der Waals surface area (Å²) in [6, 6.07) is 4.30. The van der Waals surface area contributed by atoms with E-state index in [9.17, 15) is 22.8 Å². The van der Waals surface area contributed by atoms with Crippen molar-refractivity contribution in [3.63, 3.8) is 0 Å². The highest BCUT2D eigenvalue weighted by Gasteiger charge is 2.29. The van der Waals surface area contributed by atoms with Gasteiger partial charge in [0.2, 0.25) is 11.0 Å². The van der Waals surface area contributed by atoms with E-state index in [1.807, 2.05) is 0 Å². The van der Waals surface area contributed by atoms with Crippen LogP contribution in [-0.4, -0.2) is 35.7 Å². The summed E-state index contributed by atoms with van der Waals surface area (Å²) in [6.45, 7) is -0.169. The van der Waals surface area contributed by atoms with Crippen LogP contribution in [0.25, 0.3) is 0 Å². The number of amides is 1. The summed E-state index contributed by atoms with van der Waals surface area (Å²) in [4.78, 5) is 22.9. The molecule has 0 aliphatic heterocycles. The Bertz CT molecular complexity index is 747. The monoisotopic (exact) mass is 374 g/mol. The second-order valence-electron chi connectivity index (χ2n) is 4.73. The van der Waals surface area contributed by atoms with Crippen LogP contribution in [0.3, 0.4) is 0 Å². The molecule has 0 saturated heterocycles. The molecule has 2 rings (SSSR count). The number of halogens is 3. The number of esters is 1. The first-order valence-corrected chi connectivity index (χ1v) is 7.70. The molecular weight excluding hydrogens is 361 g/mol. The summed E-state index contributed by atoms with van der Waals surface area (Å²) in [7, 11) is 1.25. The number of carbonyl (C=O) groups excluding carboxylic acids is 2. The molecule has 1 aromatic heterocycles. The number of nitrogens with one attached hydrogen (secondary N) is 2. The van der Waals surface area contributed by atoms with Gasteiger partial charge in [0.25, 0.3) is 0 Å². The summed E-state index contributed by atoms with van der Waals surface area (Å²) in [6.07, 6.45) is -4.45. The summed E-state index contributed by atoms with van der Waals surface area (Å²) in [5, 5.41) is 13.2. The van der Waals surface area contributed by atoms with Crippen molar-refractivity contribution in [3.8, 4) is 0 Å². The number of benzene rings is 1. The molecule has 1 heterocycles. The van der Waals surface area contributed by atoms with Crippen LogP contribution >= 0.6 is 11.3 Å². The van der Waals surface area contributed by atoms with E-state index in [2.05, 4.69) is 25.6 Å². The molecule has 0 aliphatic rings. The number of hydrogen-bond donors (Lipinski definition) is 2. The molecule has 11 heteroatoms. The molecule has 0 unspecified atom stereocenters. The van der Waals surface area contributed by atoms with Crippen LogP contribution in [-0.2, 0) is 26.9 Å². The molecule has 0 bridgehead atoms. The molecule has 1 amide bonds. The Balaban J connectivity index is 1.83. The van der Waals surface area contributed by atoms with E-state index in [1.165, 1.54) is 19.2 Å². The molecule has 0 atom stereocenters.